The van der Waals surface area contributed by atoms with Gasteiger partial charge < -0.3 is 9.84 Å². The molecule has 8 nitrogen and oxygen atoms in total. The van der Waals surface area contributed by atoms with Crippen LogP contribution < -0.4 is 16.0 Å². The summed E-state index contributed by atoms with van der Waals surface area (Å²) in [6, 6.07) is 7.14. The molecule has 0 aliphatic heterocycles. The number of nitrogens with zero attached hydrogens (tertiary/aromatic N) is 3. The van der Waals surface area contributed by atoms with Crippen LogP contribution in [-0.2, 0) is 6.61 Å². The molecule has 3 rings (SSSR count). The third kappa shape index (κ3) is 2.13. The number of H-pyrrole nitrogens is 1. The van der Waals surface area contributed by atoms with E-state index in [-0.39, 0.29) is 12.6 Å². The summed E-state index contributed by atoms with van der Waals surface area (Å²) in [7, 11) is 0. The second-order valence-corrected chi connectivity index (χ2v) is 4.00. The van der Waals surface area contributed by atoms with Gasteiger partial charge in [0.25, 0.3) is 0 Å². The molecule has 0 bridgehead atoms. The topological polar surface area (TPSA) is 122 Å². The Kier molecular flexibility index (Phi) is 3.15. The maximum absolute atomic E-state index is 9.31. The monoisotopic (exact) mass is 272 g/mol. The van der Waals surface area contributed by atoms with Gasteiger partial charge in [-0.15, -0.1) is 0 Å². The molecule has 102 valence electrons. The van der Waals surface area contributed by atoms with E-state index in [0.717, 1.165) is 0 Å². The molecule has 20 heavy (non-hydrogen) atoms. The van der Waals surface area contributed by atoms with Crippen molar-refractivity contribution >= 4 is 17.0 Å². The predicted octanol–water partition coefficient (Wildman–Crippen LogP) is 0.923. The third-order valence-corrected chi connectivity index (χ3v) is 2.75. The van der Waals surface area contributed by atoms with E-state index in [1.807, 2.05) is 12.1 Å². The molecular weight excluding hydrogens is 260 g/mol. The third-order valence-electron chi connectivity index (χ3n) is 2.75. The molecule has 2 heterocycles. The van der Waals surface area contributed by atoms with Crippen LogP contribution in [0.3, 0.4) is 0 Å². The van der Waals surface area contributed by atoms with E-state index < -0.39 is 0 Å². The Morgan fingerprint density at radius 3 is 2.95 bits per heavy atom. The van der Waals surface area contributed by atoms with Gasteiger partial charge in [0.15, 0.2) is 5.65 Å². The largest absolute Gasteiger partial charge is 0.438 e. The summed E-state index contributed by atoms with van der Waals surface area (Å²) in [5.41, 5.74) is 3.53. The van der Waals surface area contributed by atoms with E-state index in [9.17, 15) is 5.11 Å². The first kappa shape index (κ1) is 12.3. The molecule has 0 radical (unpaired) electrons. The van der Waals surface area contributed by atoms with Gasteiger partial charge in [0.2, 0.25) is 11.8 Å². The fourth-order valence-electron chi connectivity index (χ4n) is 1.79. The van der Waals surface area contributed by atoms with Gasteiger partial charge >= 0.3 is 0 Å². The van der Waals surface area contributed by atoms with Crippen LogP contribution in [-0.4, -0.2) is 25.3 Å². The first-order valence-electron chi connectivity index (χ1n) is 5.86. The number of fused-ring (bicyclic) bond motifs is 1. The van der Waals surface area contributed by atoms with E-state index in [0.29, 0.717) is 28.2 Å². The lowest BCUT2D eigenvalue weighted by atomic mass is 10.2. The highest BCUT2D eigenvalue weighted by molar-refractivity contribution is 5.80. The number of aliphatic hydroxyl groups excluding tert-OH is 1. The number of aromatic nitrogens is 4. The summed E-state index contributed by atoms with van der Waals surface area (Å²) in [6.45, 7) is -0.127. The zero-order valence-corrected chi connectivity index (χ0v) is 10.4. The Morgan fingerprint density at radius 1 is 1.30 bits per heavy atom. The Morgan fingerprint density at radius 2 is 2.15 bits per heavy atom. The second-order valence-electron chi connectivity index (χ2n) is 4.00. The van der Waals surface area contributed by atoms with Gasteiger partial charge in [0, 0.05) is 5.56 Å². The van der Waals surface area contributed by atoms with Crippen molar-refractivity contribution in [2.75, 3.05) is 5.43 Å². The van der Waals surface area contributed by atoms with Gasteiger partial charge in [-0.25, -0.2) is 5.84 Å². The number of para-hydroxylation sites is 1. The first-order valence-corrected chi connectivity index (χ1v) is 5.86. The minimum atomic E-state index is -0.127. The number of hydrogen-bond donors (Lipinski definition) is 4. The number of aliphatic hydroxyl groups is 1. The zero-order chi connectivity index (χ0) is 13.9. The van der Waals surface area contributed by atoms with Gasteiger partial charge in [-0.1, -0.05) is 18.2 Å². The number of hydrogen-bond acceptors (Lipinski definition) is 7. The normalized spacial score (nSPS) is 10.7. The summed E-state index contributed by atoms with van der Waals surface area (Å²) in [5.74, 6) is 6.35. The molecule has 8 heteroatoms. The Balaban J connectivity index is 2.07. The predicted molar refractivity (Wildman–Crippen MR) is 71.9 cm³/mol. The highest BCUT2D eigenvalue weighted by atomic mass is 16.5. The molecule has 0 aliphatic rings. The van der Waals surface area contributed by atoms with Crippen molar-refractivity contribution < 1.29 is 9.84 Å². The minimum Gasteiger partial charge on any atom is -0.438 e. The van der Waals surface area contributed by atoms with Crippen molar-refractivity contribution in [1.29, 1.82) is 0 Å². The van der Waals surface area contributed by atoms with Crippen LogP contribution in [0.2, 0.25) is 0 Å². The quantitative estimate of drug-likeness (QED) is 0.411. The van der Waals surface area contributed by atoms with Crippen molar-refractivity contribution in [3.8, 4) is 11.6 Å². The molecule has 2 aromatic heterocycles. The number of rotatable bonds is 4. The van der Waals surface area contributed by atoms with Crippen molar-refractivity contribution in [3.63, 3.8) is 0 Å². The van der Waals surface area contributed by atoms with Gasteiger partial charge in [-0.3, -0.25) is 10.5 Å². The summed E-state index contributed by atoms with van der Waals surface area (Å²) in [4.78, 5) is 8.26. The van der Waals surface area contributed by atoms with Crippen molar-refractivity contribution in [3.05, 3.63) is 36.0 Å². The van der Waals surface area contributed by atoms with Crippen molar-refractivity contribution in [2.24, 2.45) is 5.84 Å². The number of aromatic amines is 1. The standard InChI is InChI=1S/C12H12N6O2/c13-17-12-15-10-8(5-14-18-10)11(16-12)20-9-4-2-1-3-7(9)6-19/h1-5,19H,6,13H2,(H2,14,15,16,17,18). The first-order chi connectivity index (χ1) is 9.81. The fourth-order valence-corrected chi connectivity index (χ4v) is 1.79. The van der Waals surface area contributed by atoms with E-state index in [4.69, 9.17) is 10.6 Å². The number of nitrogens with one attached hydrogen (secondary N) is 2. The number of nitrogens with two attached hydrogens (primary N) is 1. The molecule has 5 N–H and O–H groups in total. The molecule has 0 saturated heterocycles. The highest BCUT2D eigenvalue weighted by Crippen LogP contribution is 2.29. The van der Waals surface area contributed by atoms with Crippen LogP contribution in [0, 0.1) is 0 Å². The van der Waals surface area contributed by atoms with Crippen LogP contribution >= 0.6 is 0 Å². The summed E-state index contributed by atoms with van der Waals surface area (Å²) >= 11 is 0. The Labute approximate surface area is 113 Å². The Bertz CT molecular complexity index is 742. The molecule has 0 atom stereocenters. The molecule has 0 amide bonds. The van der Waals surface area contributed by atoms with E-state index in [1.54, 1.807) is 18.3 Å². The molecule has 0 aliphatic carbocycles. The van der Waals surface area contributed by atoms with E-state index >= 15 is 0 Å². The summed E-state index contributed by atoms with van der Waals surface area (Å²) < 4.78 is 5.75. The zero-order valence-electron chi connectivity index (χ0n) is 10.4. The molecule has 0 saturated carbocycles. The van der Waals surface area contributed by atoms with E-state index in [1.165, 1.54) is 0 Å². The van der Waals surface area contributed by atoms with Crippen LogP contribution in [0.5, 0.6) is 11.6 Å². The molecule has 3 aromatic rings. The van der Waals surface area contributed by atoms with Crippen LogP contribution in [0.1, 0.15) is 5.56 Å². The van der Waals surface area contributed by atoms with Gasteiger partial charge in [-0.05, 0) is 6.07 Å². The maximum atomic E-state index is 9.31. The van der Waals surface area contributed by atoms with Gasteiger partial charge in [-0.2, -0.15) is 15.1 Å². The van der Waals surface area contributed by atoms with Crippen LogP contribution in [0.25, 0.3) is 11.0 Å². The molecule has 0 fully saturated rings. The number of nitrogen functional groups attached to an aromatic ring is 1. The average Bonchev–Trinajstić information content (AvgIpc) is 2.96. The summed E-state index contributed by atoms with van der Waals surface area (Å²) in [5, 5.41) is 16.5. The molecule has 0 spiro atoms. The molecular formula is C12H12N6O2. The lowest BCUT2D eigenvalue weighted by Crippen LogP contribution is -2.11. The fraction of sp³-hybridized carbons (Fsp3) is 0.0833. The number of benzene rings is 1. The lowest BCUT2D eigenvalue weighted by molar-refractivity contribution is 0.276. The Hall–Kier alpha value is -2.71. The number of anilines is 1. The lowest BCUT2D eigenvalue weighted by Gasteiger charge is -2.10. The highest BCUT2D eigenvalue weighted by Gasteiger charge is 2.12. The summed E-state index contributed by atoms with van der Waals surface area (Å²) in [6.07, 6.45) is 1.56. The maximum Gasteiger partial charge on any atom is 0.242 e. The van der Waals surface area contributed by atoms with Crippen LogP contribution in [0.15, 0.2) is 30.5 Å². The number of ether oxygens (including phenoxy) is 1. The van der Waals surface area contributed by atoms with Crippen molar-refractivity contribution in [2.45, 2.75) is 6.61 Å². The van der Waals surface area contributed by atoms with Crippen LogP contribution in [0.4, 0.5) is 5.95 Å². The SMILES string of the molecule is NNc1nc(Oc2ccccc2CO)c2cn[nH]c2n1. The smallest absolute Gasteiger partial charge is 0.242 e. The second kappa shape index (κ2) is 5.11. The number of hydrazine groups is 1. The molecule has 0 unspecified atom stereocenters. The van der Waals surface area contributed by atoms with Crippen molar-refractivity contribution in [1.82, 2.24) is 20.2 Å². The van der Waals surface area contributed by atoms with E-state index in [2.05, 4.69) is 25.6 Å². The van der Waals surface area contributed by atoms with Gasteiger partial charge in [0.1, 0.15) is 11.1 Å². The minimum absolute atomic E-state index is 0.127. The average molecular weight is 272 g/mol. The van der Waals surface area contributed by atoms with Gasteiger partial charge in [0.05, 0.1) is 12.8 Å². The molecule has 1 aromatic carbocycles.